The maximum Gasteiger partial charge on any atom is 0.290 e. The van der Waals surface area contributed by atoms with Crippen molar-refractivity contribution in [3.63, 3.8) is 0 Å². The van der Waals surface area contributed by atoms with Gasteiger partial charge in [-0.15, -0.1) is 0 Å². The zero-order valence-corrected chi connectivity index (χ0v) is 6.21. The molecule has 10 heavy (non-hydrogen) atoms. The minimum absolute atomic E-state index is 0.250. The highest BCUT2D eigenvalue weighted by molar-refractivity contribution is 5.32. The molecule has 0 bridgehead atoms. The molecule has 1 aliphatic heterocycles. The Kier molecular flexibility index (Phi) is 6.11. The number of nitrogens with one attached hydrogen (secondary N) is 1. The largest absolute Gasteiger partial charge is 0.483 e. The molecule has 0 spiro atoms. The highest BCUT2D eigenvalue weighted by atomic mass is 16.3. The highest BCUT2D eigenvalue weighted by Crippen LogP contribution is 1.94. The first-order valence-corrected chi connectivity index (χ1v) is 3.33. The van der Waals surface area contributed by atoms with E-state index < -0.39 is 0 Å². The predicted molar refractivity (Wildman–Crippen MR) is 38.6 cm³/mol. The maximum atomic E-state index is 8.36. The minimum atomic E-state index is -0.250. The first-order chi connectivity index (χ1) is 4.81. The van der Waals surface area contributed by atoms with Crippen LogP contribution in [0.25, 0.3) is 0 Å². The Morgan fingerprint density at radius 1 is 1.60 bits per heavy atom. The van der Waals surface area contributed by atoms with E-state index in [2.05, 4.69) is 17.5 Å². The minimum Gasteiger partial charge on any atom is -0.483 e. The van der Waals surface area contributed by atoms with Gasteiger partial charge < -0.3 is 5.11 Å². The number of hydrazine groups is 1. The molecule has 0 aromatic carbocycles. The van der Waals surface area contributed by atoms with E-state index in [9.17, 15) is 0 Å². The Morgan fingerprint density at radius 3 is 2.40 bits per heavy atom. The van der Waals surface area contributed by atoms with Gasteiger partial charge >= 0.3 is 0 Å². The van der Waals surface area contributed by atoms with Gasteiger partial charge in [0.05, 0.1) is 0 Å². The van der Waals surface area contributed by atoms with Gasteiger partial charge in [-0.05, 0) is 12.8 Å². The number of hydrogen-bond acceptors (Lipinski definition) is 3. The fourth-order valence-electron chi connectivity index (χ4n) is 0.823. The third-order valence-corrected chi connectivity index (χ3v) is 1.30. The summed E-state index contributed by atoms with van der Waals surface area (Å²) in [5.74, 6) is 0. The van der Waals surface area contributed by atoms with Gasteiger partial charge in [0, 0.05) is 20.1 Å². The molecule has 0 amide bonds. The fourth-order valence-corrected chi connectivity index (χ4v) is 0.823. The summed E-state index contributed by atoms with van der Waals surface area (Å²) in [6, 6.07) is 0. The monoisotopic (exact) mass is 146 g/mol. The second kappa shape index (κ2) is 6.51. The van der Waals surface area contributed by atoms with Crippen LogP contribution in [-0.2, 0) is 4.79 Å². The van der Waals surface area contributed by atoms with Crippen molar-refractivity contribution in [3.8, 4) is 0 Å². The van der Waals surface area contributed by atoms with Crippen molar-refractivity contribution in [1.29, 1.82) is 0 Å². The van der Waals surface area contributed by atoms with E-state index in [0.717, 1.165) is 6.54 Å². The maximum absolute atomic E-state index is 8.36. The van der Waals surface area contributed by atoms with Crippen LogP contribution in [-0.4, -0.2) is 36.7 Å². The van der Waals surface area contributed by atoms with Crippen molar-refractivity contribution >= 4 is 6.47 Å². The molecule has 2 N–H and O–H groups in total. The molecule has 0 aliphatic carbocycles. The molecule has 1 saturated heterocycles. The Bertz CT molecular complexity index is 81.8. The Morgan fingerprint density at radius 2 is 2.20 bits per heavy atom. The van der Waals surface area contributed by atoms with Crippen molar-refractivity contribution in [2.24, 2.45) is 0 Å². The Labute approximate surface area is 60.8 Å². The first-order valence-electron chi connectivity index (χ1n) is 3.33. The van der Waals surface area contributed by atoms with Crippen molar-refractivity contribution in [1.82, 2.24) is 10.4 Å². The van der Waals surface area contributed by atoms with Crippen LogP contribution < -0.4 is 5.43 Å². The number of hydrogen-bond donors (Lipinski definition) is 2. The van der Waals surface area contributed by atoms with E-state index in [1.54, 1.807) is 0 Å². The lowest BCUT2D eigenvalue weighted by atomic mass is 10.3. The second-order valence-corrected chi connectivity index (χ2v) is 2.14. The average Bonchev–Trinajstić information content (AvgIpc) is 1.91. The summed E-state index contributed by atoms with van der Waals surface area (Å²) in [4.78, 5) is 8.36. The molecule has 0 atom stereocenters. The van der Waals surface area contributed by atoms with Crippen LogP contribution in [0.15, 0.2) is 0 Å². The van der Waals surface area contributed by atoms with E-state index in [1.807, 2.05) is 0 Å². The molecule has 0 aromatic heterocycles. The van der Waals surface area contributed by atoms with Crippen LogP contribution in [0, 0.1) is 0 Å². The number of carbonyl (C=O) groups is 1. The van der Waals surface area contributed by atoms with Gasteiger partial charge in [-0.1, -0.05) is 0 Å². The summed E-state index contributed by atoms with van der Waals surface area (Å²) in [6.45, 7) is 2.12. The van der Waals surface area contributed by atoms with Gasteiger partial charge in [-0.2, -0.15) is 0 Å². The lowest BCUT2D eigenvalue weighted by molar-refractivity contribution is -0.122. The zero-order valence-electron chi connectivity index (χ0n) is 6.21. The molecule has 1 aliphatic rings. The van der Waals surface area contributed by atoms with Crippen LogP contribution in [0.4, 0.5) is 0 Å². The van der Waals surface area contributed by atoms with E-state index >= 15 is 0 Å². The fraction of sp³-hybridized carbons (Fsp3) is 0.833. The van der Waals surface area contributed by atoms with Crippen molar-refractivity contribution in [3.05, 3.63) is 0 Å². The third kappa shape index (κ3) is 5.53. The highest BCUT2D eigenvalue weighted by Gasteiger charge is 2.00. The number of carboxylic acid groups (broad SMARTS) is 1. The molecule has 0 saturated carbocycles. The van der Waals surface area contributed by atoms with Crippen molar-refractivity contribution < 1.29 is 9.90 Å². The van der Waals surface area contributed by atoms with Gasteiger partial charge in [-0.25, -0.2) is 5.01 Å². The smallest absolute Gasteiger partial charge is 0.290 e. The molecule has 0 unspecified atom stereocenters. The topological polar surface area (TPSA) is 52.6 Å². The van der Waals surface area contributed by atoms with Crippen LogP contribution in [0.5, 0.6) is 0 Å². The van der Waals surface area contributed by atoms with Gasteiger partial charge in [0.2, 0.25) is 0 Å². The number of rotatable bonds is 0. The number of nitrogens with zero attached hydrogens (tertiary/aromatic N) is 1. The molecule has 60 valence electrons. The molecular formula is C6H14N2O2. The first kappa shape index (κ1) is 9.39. The zero-order chi connectivity index (χ0) is 7.82. The predicted octanol–water partition coefficient (Wildman–Crippen LogP) is -0.0826. The molecule has 1 rings (SSSR count). The van der Waals surface area contributed by atoms with E-state index in [1.165, 1.54) is 19.4 Å². The third-order valence-electron chi connectivity index (χ3n) is 1.30. The SMILES string of the molecule is CN1CCCCN1.O=CO. The van der Waals surface area contributed by atoms with Crippen LogP contribution in [0.2, 0.25) is 0 Å². The average molecular weight is 146 g/mol. The molecule has 4 nitrogen and oxygen atoms in total. The summed E-state index contributed by atoms with van der Waals surface area (Å²) in [7, 11) is 2.08. The standard InChI is InChI=1S/C5H12N2.CH2O2/c1-7-5-3-2-4-6-7;2-1-3/h6H,2-5H2,1H3;1H,(H,2,3). The van der Waals surface area contributed by atoms with E-state index in [0.29, 0.717) is 0 Å². The van der Waals surface area contributed by atoms with Gasteiger partial charge in [0.15, 0.2) is 0 Å². The van der Waals surface area contributed by atoms with Crippen molar-refractivity contribution in [2.75, 3.05) is 20.1 Å². The van der Waals surface area contributed by atoms with Crippen LogP contribution in [0.1, 0.15) is 12.8 Å². The summed E-state index contributed by atoms with van der Waals surface area (Å²) in [5, 5.41) is 9.03. The lowest BCUT2D eigenvalue weighted by Gasteiger charge is -2.22. The molecule has 1 heterocycles. The lowest BCUT2D eigenvalue weighted by Crippen LogP contribution is -2.39. The van der Waals surface area contributed by atoms with E-state index in [4.69, 9.17) is 9.90 Å². The summed E-state index contributed by atoms with van der Waals surface area (Å²) in [5.41, 5.74) is 3.22. The second-order valence-electron chi connectivity index (χ2n) is 2.14. The molecule has 4 heteroatoms. The molecular weight excluding hydrogens is 132 g/mol. The summed E-state index contributed by atoms with van der Waals surface area (Å²) in [6.07, 6.45) is 2.69. The van der Waals surface area contributed by atoms with E-state index in [-0.39, 0.29) is 6.47 Å². The Hall–Kier alpha value is -0.610. The van der Waals surface area contributed by atoms with Crippen LogP contribution in [0.3, 0.4) is 0 Å². The Balaban J connectivity index is 0.000000236. The van der Waals surface area contributed by atoms with Gasteiger partial charge in [0.1, 0.15) is 0 Å². The van der Waals surface area contributed by atoms with Crippen LogP contribution >= 0.6 is 0 Å². The normalized spacial score (nSPS) is 18.9. The summed E-state index contributed by atoms with van der Waals surface area (Å²) < 4.78 is 0. The van der Waals surface area contributed by atoms with Gasteiger partial charge in [-0.3, -0.25) is 10.2 Å². The molecule has 0 aromatic rings. The van der Waals surface area contributed by atoms with Gasteiger partial charge in [0.25, 0.3) is 6.47 Å². The quantitative estimate of drug-likeness (QED) is 0.469. The molecule has 0 radical (unpaired) electrons. The van der Waals surface area contributed by atoms with Crippen molar-refractivity contribution in [2.45, 2.75) is 12.8 Å². The summed E-state index contributed by atoms with van der Waals surface area (Å²) >= 11 is 0. The molecule has 1 fully saturated rings.